The Bertz CT molecular complexity index is 1200. The van der Waals surface area contributed by atoms with Gasteiger partial charge in [0.2, 0.25) is 17.8 Å². The second kappa shape index (κ2) is 9.07. The maximum absolute atomic E-state index is 13.0. The van der Waals surface area contributed by atoms with Gasteiger partial charge in [0.25, 0.3) is 0 Å². The molecule has 2 aliphatic heterocycles. The standard InChI is InChI=1S/C23H23N5O4S/c1-2-14-6-3-4-7-16(14)24-23(30)28-11-5-8-17(28)20(29)25-22-27-26-21(33-22)15-9-10-18-19(12-15)32-13-31-18/h3-4,6-7,9-10,12,17H,2,5,8,11,13H2,1H3,(H,24,30)(H,25,27,29)/t17-/m1/s1. The Hall–Kier alpha value is -3.66. The van der Waals surface area contributed by atoms with Crippen LogP contribution >= 0.6 is 11.3 Å². The molecule has 0 spiro atoms. The Labute approximate surface area is 194 Å². The molecule has 0 saturated carbocycles. The number of fused-ring (bicyclic) bond motifs is 1. The Morgan fingerprint density at radius 3 is 2.85 bits per heavy atom. The summed E-state index contributed by atoms with van der Waals surface area (Å²) in [7, 11) is 0. The molecule has 170 valence electrons. The van der Waals surface area contributed by atoms with Crippen molar-refractivity contribution in [3.05, 3.63) is 48.0 Å². The first-order chi connectivity index (χ1) is 16.1. The molecule has 0 unspecified atom stereocenters. The normalized spacial score (nSPS) is 16.6. The molecule has 1 saturated heterocycles. The van der Waals surface area contributed by atoms with Crippen LogP contribution in [0.4, 0.5) is 15.6 Å². The third-order valence-electron chi connectivity index (χ3n) is 5.73. The van der Waals surface area contributed by atoms with Crippen LogP contribution in [0.25, 0.3) is 10.6 Å². The minimum Gasteiger partial charge on any atom is -0.454 e. The van der Waals surface area contributed by atoms with Crippen LogP contribution in [-0.2, 0) is 11.2 Å². The number of para-hydroxylation sites is 1. The molecule has 2 aliphatic rings. The molecule has 0 bridgehead atoms. The molecule has 3 amide bonds. The maximum Gasteiger partial charge on any atom is 0.322 e. The second-order valence-corrected chi connectivity index (χ2v) is 8.74. The lowest BCUT2D eigenvalue weighted by atomic mass is 10.1. The fourth-order valence-electron chi connectivity index (χ4n) is 4.03. The van der Waals surface area contributed by atoms with E-state index in [-0.39, 0.29) is 18.7 Å². The van der Waals surface area contributed by atoms with E-state index >= 15 is 0 Å². The number of nitrogens with one attached hydrogen (secondary N) is 2. The summed E-state index contributed by atoms with van der Waals surface area (Å²) in [6.07, 6.45) is 2.17. The number of amides is 3. The first-order valence-corrected chi connectivity index (χ1v) is 11.6. The van der Waals surface area contributed by atoms with E-state index in [4.69, 9.17) is 9.47 Å². The molecule has 2 N–H and O–H groups in total. The largest absolute Gasteiger partial charge is 0.454 e. The van der Waals surface area contributed by atoms with Gasteiger partial charge in [-0.15, -0.1) is 10.2 Å². The van der Waals surface area contributed by atoms with Crippen LogP contribution < -0.4 is 20.1 Å². The van der Waals surface area contributed by atoms with E-state index in [1.807, 2.05) is 49.4 Å². The zero-order valence-corrected chi connectivity index (χ0v) is 18.9. The Morgan fingerprint density at radius 2 is 1.97 bits per heavy atom. The van der Waals surface area contributed by atoms with E-state index in [2.05, 4.69) is 20.8 Å². The molecule has 2 aromatic carbocycles. The van der Waals surface area contributed by atoms with Gasteiger partial charge in [-0.05, 0) is 49.1 Å². The molecule has 33 heavy (non-hydrogen) atoms. The van der Waals surface area contributed by atoms with Crippen molar-refractivity contribution in [2.75, 3.05) is 24.0 Å². The number of hydrogen-bond donors (Lipinski definition) is 2. The number of anilines is 2. The highest BCUT2D eigenvalue weighted by Crippen LogP contribution is 2.37. The number of rotatable bonds is 5. The summed E-state index contributed by atoms with van der Waals surface area (Å²) in [5.74, 6) is 1.09. The summed E-state index contributed by atoms with van der Waals surface area (Å²) in [5.41, 5.74) is 2.65. The van der Waals surface area contributed by atoms with Crippen LogP contribution in [0.1, 0.15) is 25.3 Å². The van der Waals surface area contributed by atoms with Gasteiger partial charge in [0.1, 0.15) is 11.0 Å². The number of hydrogen-bond acceptors (Lipinski definition) is 7. The number of urea groups is 1. The molecular formula is C23H23N5O4S. The fraction of sp³-hybridized carbons (Fsp3) is 0.304. The number of aromatic nitrogens is 2. The molecule has 10 heteroatoms. The summed E-state index contributed by atoms with van der Waals surface area (Å²) in [6, 6.07) is 12.4. The van der Waals surface area contributed by atoms with Gasteiger partial charge < -0.3 is 19.7 Å². The van der Waals surface area contributed by atoms with Gasteiger partial charge >= 0.3 is 6.03 Å². The Morgan fingerprint density at radius 1 is 1.12 bits per heavy atom. The SMILES string of the molecule is CCc1ccccc1NC(=O)N1CCC[C@@H]1C(=O)Nc1nnc(-c2ccc3c(c2)OCO3)s1. The van der Waals surface area contributed by atoms with Gasteiger partial charge in [0.15, 0.2) is 11.5 Å². The molecular weight excluding hydrogens is 442 g/mol. The summed E-state index contributed by atoms with van der Waals surface area (Å²) < 4.78 is 10.7. The molecule has 3 heterocycles. The number of benzene rings is 2. The van der Waals surface area contributed by atoms with Crippen molar-refractivity contribution in [2.24, 2.45) is 0 Å². The number of carbonyl (C=O) groups excluding carboxylic acids is 2. The van der Waals surface area contributed by atoms with Gasteiger partial charge in [-0.3, -0.25) is 10.1 Å². The highest BCUT2D eigenvalue weighted by atomic mass is 32.1. The smallest absolute Gasteiger partial charge is 0.322 e. The Kier molecular flexibility index (Phi) is 5.82. The van der Waals surface area contributed by atoms with Crippen LogP contribution in [0.2, 0.25) is 0 Å². The highest BCUT2D eigenvalue weighted by molar-refractivity contribution is 7.18. The molecule has 0 aliphatic carbocycles. The van der Waals surface area contributed by atoms with Crippen LogP contribution in [0.3, 0.4) is 0 Å². The van der Waals surface area contributed by atoms with Gasteiger partial charge in [0.05, 0.1) is 0 Å². The average molecular weight is 466 g/mol. The molecule has 1 fully saturated rings. The summed E-state index contributed by atoms with van der Waals surface area (Å²) in [4.78, 5) is 27.5. The monoisotopic (exact) mass is 465 g/mol. The molecule has 1 atom stereocenters. The molecule has 3 aromatic rings. The number of ether oxygens (including phenoxy) is 2. The van der Waals surface area contributed by atoms with E-state index < -0.39 is 6.04 Å². The quantitative estimate of drug-likeness (QED) is 0.587. The lowest BCUT2D eigenvalue weighted by Gasteiger charge is -2.24. The highest BCUT2D eigenvalue weighted by Gasteiger charge is 2.35. The van der Waals surface area contributed by atoms with Gasteiger partial charge in [0, 0.05) is 17.8 Å². The van der Waals surface area contributed by atoms with Gasteiger partial charge in [-0.1, -0.05) is 36.5 Å². The van der Waals surface area contributed by atoms with Gasteiger partial charge in [-0.2, -0.15) is 0 Å². The maximum atomic E-state index is 13.0. The summed E-state index contributed by atoms with van der Waals surface area (Å²) in [6.45, 7) is 2.76. The second-order valence-electron chi connectivity index (χ2n) is 7.76. The van der Waals surface area contributed by atoms with E-state index in [1.54, 1.807) is 4.90 Å². The first kappa shape index (κ1) is 21.2. The molecule has 9 nitrogen and oxygen atoms in total. The lowest BCUT2D eigenvalue weighted by molar-refractivity contribution is -0.119. The zero-order chi connectivity index (χ0) is 22.8. The average Bonchev–Trinajstić information content (AvgIpc) is 3.59. The zero-order valence-electron chi connectivity index (χ0n) is 18.0. The van der Waals surface area contributed by atoms with Crippen molar-refractivity contribution in [1.29, 1.82) is 0 Å². The summed E-state index contributed by atoms with van der Waals surface area (Å²) >= 11 is 1.27. The first-order valence-electron chi connectivity index (χ1n) is 10.8. The predicted octanol–water partition coefficient (Wildman–Crippen LogP) is 4.13. The predicted molar refractivity (Wildman–Crippen MR) is 125 cm³/mol. The van der Waals surface area contributed by atoms with Crippen molar-refractivity contribution in [3.63, 3.8) is 0 Å². The molecule has 1 aromatic heterocycles. The third-order valence-corrected chi connectivity index (χ3v) is 6.62. The van der Waals surface area contributed by atoms with Crippen LogP contribution in [0.15, 0.2) is 42.5 Å². The number of aryl methyl sites for hydroxylation is 1. The lowest BCUT2D eigenvalue weighted by Crippen LogP contribution is -2.45. The van der Waals surface area contributed by atoms with Crippen molar-refractivity contribution < 1.29 is 19.1 Å². The van der Waals surface area contributed by atoms with Crippen LogP contribution in [0.5, 0.6) is 11.5 Å². The van der Waals surface area contributed by atoms with Crippen LogP contribution in [-0.4, -0.2) is 46.4 Å². The van der Waals surface area contributed by atoms with Crippen molar-refractivity contribution >= 4 is 34.1 Å². The van der Waals surface area contributed by atoms with E-state index in [0.29, 0.717) is 34.6 Å². The summed E-state index contributed by atoms with van der Waals surface area (Å²) in [5, 5.41) is 15.1. The third kappa shape index (κ3) is 4.34. The van der Waals surface area contributed by atoms with Crippen molar-refractivity contribution in [2.45, 2.75) is 32.2 Å². The minimum absolute atomic E-state index is 0.200. The van der Waals surface area contributed by atoms with Crippen molar-refractivity contribution in [1.82, 2.24) is 15.1 Å². The van der Waals surface area contributed by atoms with Crippen LogP contribution in [0, 0.1) is 0 Å². The fourth-order valence-corrected chi connectivity index (χ4v) is 4.77. The van der Waals surface area contributed by atoms with E-state index in [0.717, 1.165) is 29.7 Å². The number of likely N-dealkylation sites (tertiary alicyclic amines) is 1. The number of nitrogens with zero attached hydrogens (tertiary/aromatic N) is 3. The van der Waals surface area contributed by atoms with Gasteiger partial charge in [-0.25, -0.2) is 4.79 Å². The van der Waals surface area contributed by atoms with E-state index in [1.165, 1.54) is 11.3 Å². The Balaban J connectivity index is 1.25. The molecule has 5 rings (SSSR count). The van der Waals surface area contributed by atoms with E-state index in [9.17, 15) is 9.59 Å². The number of carbonyl (C=O) groups is 2. The van der Waals surface area contributed by atoms with Crippen molar-refractivity contribution in [3.8, 4) is 22.1 Å². The molecule has 0 radical (unpaired) electrons. The minimum atomic E-state index is -0.559. The topological polar surface area (TPSA) is 106 Å².